The van der Waals surface area contributed by atoms with Crippen molar-refractivity contribution in [2.75, 3.05) is 0 Å². The summed E-state index contributed by atoms with van der Waals surface area (Å²) in [7, 11) is 0. The maximum atomic E-state index is 11.9. The third-order valence-electron chi connectivity index (χ3n) is 3.95. The lowest BCUT2D eigenvalue weighted by Gasteiger charge is -2.03. The van der Waals surface area contributed by atoms with Gasteiger partial charge < -0.3 is 9.26 Å². The zero-order chi connectivity index (χ0) is 17.6. The molecule has 0 aliphatic rings. The van der Waals surface area contributed by atoms with E-state index in [2.05, 4.69) is 17.3 Å². The van der Waals surface area contributed by atoms with Gasteiger partial charge in [-0.3, -0.25) is 0 Å². The average Bonchev–Trinajstić information content (AvgIpc) is 2.97. The maximum absolute atomic E-state index is 11.9. The van der Waals surface area contributed by atoms with Gasteiger partial charge in [0.05, 0.1) is 11.3 Å². The number of carbonyl (C=O) groups is 1. The van der Waals surface area contributed by atoms with Crippen molar-refractivity contribution in [3.63, 3.8) is 0 Å². The summed E-state index contributed by atoms with van der Waals surface area (Å²) >= 11 is 0. The molecule has 25 heavy (non-hydrogen) atoms. The van der Waals surface area contributed by atoms with Gasteiger partial charge >= 0.3 is 5.97 Å². The average molecular weight is 333 g/mol. The van der Waals surface area contributed by atoms with Gasteiger partial charge in [-0.05, 0) is 42.7 Å². The summed E-state index contributed by atoms with van der Waals surface area (Å²) in [5.41, 5.74) is 4.74. The number of benzene rings is 2. The van der Waals surface area contributed by atoms with E-state index in [1.807, 2.05) is 49.4 Å². The largest absolute Gasteiger partial charge is 0.457 e. The Balaban J connectivity index is 1.65. The molecule has 4 nitrogen and oxygen atoms in total. The summed E-state index contributed by atoms with van der Waals surface area (Å²) < 4.78 is 10.3. The summed E-state index contributed by atoms with van der Waals surface area (Å²) in [5.74, 6) is 0.273. The summed E-state index contributed by atoms with van der Waals surface area (Å²) in [5, 5.41) is 3.84. The molecule has 126 valence electrons. The van der Waals surface area contributed by atoms with E-state index >= 15 is 0 Å². The molecule has 0 aliphatic heterocycles. The number of carbonyl (C=O) groups excluding carboxylic acids is 1. The van der Waals surface area contributed by atoms with Crippen LogP contribution in [0.25, 0.3) is 17.2 Å². The minimum absolute atomic E-state index is 0.161. The fourth-order valence-corrected chi connectivity index (χ4v) is 2.52. The Morgan fingerprint density at radius 1 is 1.08 bits per heavy atom. The van der Waals surface area contributed by atoms with Gasteiger partial charge in [0.2, 0.25) is 0 Å². The van der Waals surface area contributed by atoms with Crippen molar-refractivity contribution < 1.29 is 14.1 Å². The van der Waals surface area contributed by atoms with E-state index in [1.165, 1.54) is 6.08 Å². The number of esters is 1. The number of aromatic nitrogens is 1. The number of nitrogens with zero attached hydrogens (tertiary/aromatic N) is 1. The SMILES string of the molecule is Cc1noc(C)c1COC(=O)/C=C\c1cccc(-c2ccccc2)c1. The Labute approximate surface area is 146 Å². The van der Waals surface area contributed by atoms with E-state index < -0.39 is 5.97 Å². The van der Waals surface area contributed by atoms with E-state index in [0.717, 1.165) is 27.9 Å². The van der Waals surface area contributed by atoms with Gasteiger partial charge in [-0.2, -0.15) is 0 Å². The van der Waals surface area contributed by atoms with E-state index in [-0.39, 0.29) is 6.61 Å². The second kappa shape index (κ2) is 7.62. The minimum atomic E-state index is -0.398. The van der Waals surface area contributed by atoms with Gasteiger partial charge in [0.1, 0.15) is 12.4 Å². The van der Waals surface area contributed by atoms with Gasteiger partial charge in [-0.25, -0.2) is 4.79 Å². The van der Waals surface area contributed by atoms with Crippen LogP contribution in [0.2, 0.25) is 0 Å². The van der Waals surface area contributed by atoms with Crippen LogP contribution in [0.5, 0.6) is 0 Å². The summed E-state index contributed by atoms with van der Waals surface area (Å²) in [6.07, 6.45) is 3.18. The molecule has 3 rings (SSSR count). The number of hydrogen-bond acceptors (Lipinski definition) is 4. The number of aryl methyl sites for hydroxylation is 2. The van der Waals surface area contributed by atoms with Gasteiger partial charge in [-0.1, -0.05) is 53.7 Å². The Morgan fingerprint density at radius 3 is 2.56 bits per heavy atom. The molecule has 1 aromatic heterocycles. The van der Waals surface area contributed by atoms with Crippen LogP contribution < -0.4 is 0 Å². The topological polar surface area (TPSA) is 52.3 Å². The van der Waals surface area contributed by atoms with Gasteiger partial charge in [0.15, 0.2) is 0 Å². The van der Waals surface area contributed by atoms with E-state index in [0.29, 0.717) is 5.76 Å². The Kier molecular flexibility index (Phi) is 5.09. The first kappa shape index (κ1) is 16.7. The van der Waals surface area contributed by atoms with E-state index in [1.54, 1.807) is 13.0 Å². The third-order valence-corrected chi connectivity index (χ3v) is 3.95. The van der Waals surface area contributed by atoms with Crippen LogP contribution in [0.15, 0.2) is 65.2 Å². The third kappa shape index (κ3) is 4.23. The molecule has 1 heterocycles. The van der Waals surface area contributed by atoms with Crippen molar-refractivity contribution >= 4 is 12.0 Å². The molecule has 0 spiro atoms. The molecule has 0 aliphatic carbocycles. The van der Waals surface area contributed by atoms with Crippen LogP contribution in [0, 0.1) is 13.8 Å². The number of ether oxygens (including phenoxy) is 1. The highest BCUT2D eigenvalue weighted by Gasteiger charge is 2.10. The van der Waals surface area contributed by atoms with Gasteiger partial charge in [-0.15, -0.1) is 0 Å². The molecular formula is C21H19NO3. The predicted octanol–water partition coefficient (Wildman–Crippen LogP) is 4.72. The Bertz CT molecular complexity index is 875. The fourth-order valence-electron chi connectivity index (χ4n) is 2.52. The molecule has 3 aromatic rings. The Hall–Kier alpha value is -3.14. The van der Waals surface area contributed by atoms with E-state index in [4.69, 9.17) is 9.26 Å². The second-order valence-corrected chi connectivity index (χ2v) is 5.74. The number of rotatable bonds is 5. The molecule has 0 atom stereocenters. The first-order chi connectivity index (χ1) is 12.1. The molecule has 0 unspecified atom stereocenters. The fraction of sp³-hybridized carbons (Fsp3) is 0.143. The first-order valence-corrected chi connectivity index (χ1v) is 8.05. The van der Waals surface area contributed by atoms with Crippen LogP contribution in [-0.4, -0.2) is 11.1 Å². The molecule has 0 bridgehead atoms. The van der Waals surface area contributed by atoms with Crippen molar-refractivity contribution in [2.24, 2.45) is 0 Å². The molecule has 0 amide bonds. The normalized spacial score (nSPS) is 11.0. The lowest BCUT2D eigenvalue weighted by molar-refractivity contribution is -0.138. The first-order valence-electron chi connectivity index (χ1n) is 8.05. The highest BCUT2D eigenvalue weighted by atomic mass is 16.5. The summed E-state index contributed by atoms with van der Waals surface area (Å²) in [6.45, 7) is 3.78. The molecule has 0 N–H and O–H groups in total. The van der Waals surface area contributed by atoms with Gasteiger partial charge in [0, 0.05) is 6.08 Å². The standard InChI is InChI=1S/C21H19NO3/c1-15-20(16(2)25-22-15)14-24-21(23)12-11-17-7-6-10-19(13-17)18-8-4-3-5-9-18/h3-13H,14H2,1-2H3/b12-11-. The second-order valence-electron chi connectivity index (χ2n) is 5.74. The van der Waals surface area contributed by atoms with Crippen LogP contribution in [-0.2, 0) is 16.1 Å². The predicted molar refractivity (Wildman–Crippen MR) is 96.7 cm³/mol. The lowest BCUT2D eigenvalue weighted by Crippen LogP contribution is -2.02. The monoisotopic (exact) mass is 333 g/mol. The van der Waals surface area contributed by atoms with Crippen LogP contribution in [0.3, 0.4) is 0 Å². The number of hydrogen-bond donors (Lipinski definition) is 0. The molecule has 0 radical (unpaired) electrons. The van der Waals surface area contributed by atoms with Gasteiger partial charge in [0.25, 0.3) is 0 Å². The molecular weight excluding hydrogens is 314 g/mol. The highest BCUT2D eigenvalue weighted by molar-refractivity contribution is 5.87. The van der Waals surface area contributed by atoms with Crippen LogP contribution in [0.4, 0.5) is 0 Å². The van der Waals surface area contributed by atoms with Crippen molar-refractivity contribution in [3.8, 4) is 11.1 Å². The van der Waals surface area contributed by atoms with Crippen molar-refractivity contribution in [3.05, 3.63) is 83.3 Å². The zero-order valence-corrected chi connectivity index (χ0v) is 14.2. The quantitative estimate of drug-likeness (QED) is 0.501. The lowest BCUT2D eigenvalue weighted by atomic mass is 10.0. The van der Waals surface area contributed by atoms with Crippen LogP contribution in [0.1, 0.15) is 22.6 Å². The molecule has 0 saturated carbocycles. The Morgan fingerprint density at radius 2 is 1.84 bits per heavy atom. The molecule has 0 fully saturated rings. The maximum Gasteiger partial charge on any atom is 0.331 e. The highest BCUT2D eigenvalue weighted by Crippen LogP contribution is 2.20. The zero-order valence-electron chi connectivity index (χ0n) is 14.2. The van der Waals surface area contributed by atoms with Crippen molar-refractivity contribution in [2.45, 2.75) is 20.5 Å². The molecule has 4 heteroatoms. The minimum Gasteiger partial charge on any atom is -0.457 e. The summed E-state index contributed by atoms with van der Waals surface area (Å²) in [6, 6.07) is 18.1. The molecule has 0 saturated heterocycles. The smallest absolute Gasteiger partial charge is 0.331 e. The van der Waals surface area contributed by atoms with E-state index in [9.17, 15) is 4.79 Å². The van der Waals surface area contributed by atoms with Crippen molar-refractivity contribution in [1.82, 2.24) is 5.16 Å². The summed E-state index contributed by atoms with van der Waals surface area (Å²) in [4.78, 5) is 11.9. The molecule has 2 aromatic carbocycles. The van der Waals surface area contributed by atoms with Crippen molar-refractivity contribution in [1.29, 1.82) is 0 Å². The van der Waals surface area contributed by atoms with Crippen LogP contribution >= 0.6 is 0 Å².